The van der Waals surface area contributed by atoms with E-state index >= 15 is 0 Å². The highest BCUT2D eigenvalue weighted by Crippen LogP contribution is 2.50. The molecule has 0 saturated heterocycles. The van der Waals surface area contributed by atoms with Gasteiger partial charge in [-0.3, -0.25) is 15.3 Å². The first kappa shape index (κ1) is 20.9. The second-order valence-corrected chi connectivity index (χ2v) is 3.79. The Labute approximate surface area is 117 Å². The molecule has 0 aliphatic carbocycles. The summed E-state index contributed by atoms with van der Waals surface area (Å²) in [5, 5.41) is 9.58. The summed E-state index contributed by atoms with van der Waals surface area (Å²) in [6.45, 7) is -0.835. The van der Waals surface area contributed by atoms with Crippen molar-refractivity contribution in [2.24, 2.45) is 0 Å². The zero-order valence-corrected chi connectivity index (χ0v) is 10.4. The number of alkyl halides is 9. The fourth-order valence-corrected chi connectivity index (χ4v) is 1.34. The van der Waals surface area contributed by atoms with Crippen molar-refractivity contribution >= 4 is 0 Å². The molecule has 0 heterocycles. The van der Waals surface area contributed by atoms with Gasteiger partial charge in [-0.1, -0.05) is 6.08 Å². The van der Waals surface area contributed by atoms with Gasteiger partial charge in [0, 0.05) is 6.54 Å². The maximum absolute atomic E-state index is 12.8. The van der Waals surface area contributed by atoms with Gasteiger partial charge in [0.15, 0.2) is 12.9 Å². The predicted molar refractivity (Wildman–Crippen MR) is 52.5 cm³/mol. The Morgan fingerprint density at radius 1 is 1.05 bits per heavy atom. The first-order valence-corrected chi connectivity index (χ1v) is 5.21. The summed E-state index contributed by atoms with van der Waals surface area (Å²) in [7, 11) is 0. The van der Waals surface area contributed by atoms with Crippen LogP contribution < -0.4 is 5.32 Å². The molecule has 0 aromatic heterocycles. The SMILES string of the molecule is C=CCNC(OO)C(OC(F)(F)CF)(C(F)(F)F)C(F)(F)F. The van der Waals surface area contributed by atoms with Gasteiger partial charge in [0.1, 0.15) is 0 Å². The number of halogens is 9. The number of ether oxygens (including phenoxy) is 1. The normalized spacial score (nSPS) is 15.7. The minimum Gasteiger partial charge on any atom is -0.289 e. The molecule has 0 saturated carbocycles. The molecule has 1 unspecified atom stereocenters. The first-order valence-electron chi connectivity index (χ1n) is 5.21. The van der Waals surface area contributed by atoms with Crippen LogP contribution in [0.5, 0.6) is 0 Å². The Hall–Kier alpha value is -1.05. The van der Waals surface area contributed by atoms with E-state index in [0.717, 1.165) is 6.08 Å². The van der Waals surface area contributed by atoms with Gasteiger partial charge in [-0.2, -0.15) is 35.1 Å². The molecule has 132 valence electrons. The van der Waals surface area contributed by atoms with Crippen LogP contribution in [0.15, 0.2) is 12.7 Å². The number of hydrogen-bond donors (Lipinski definition) is 2. The lowest BCUT2D eigenvalue weighted by molar-refractivity contribution is -0.484. The van der Waals surface area contributed by atoms with E-state index in [1.54, 1.807) is 0 Å². The molecule has 0 aliphatic rings. The summed E-state index contributed by atoms with van der Waals surface area (Å²) in [6.07, 6.45) is -21.4. The van der Waals surface area contributed by atoms with E-state index in [0.29, 0.717) is 0 Å². The van der Waals surface area contributed by atoms with Crippen LogP contribution in [0.25, 0.3) is 0 Å². The molecular formula is C9H10F9NO3. The quantitative estimate of drug-likeness (QED) is 0.232. The van der Waals surface area contributed by atoms with Crippen LogP contribution in [0.1, 0.15) is 0 Å². The topological polar surface area (TPSA) is 50.7 Å². The van der Waals surface area contributed by atoms with Gasteiger partial charge in [-0.05, 0) is 0 Å². The van der Waals surface area contributed by atoms with E-state index in [9.17, 15) is 39.5 Å². The Morgan fingerprint density at radius 2 is 1.50 bits per heavy atom. The van der Waals surface area contributed by atoms with Crippen LogP contribution >= 0.6 is 0 Å². The summed E-state index contributed by atoms with van der Waals surface area (Å²) in [6, 6.07) is 0. The zero-order chi connectivity index (χ0) is 17.8. The second kappa shape index (κ2) is 7.02. The molecule has 0 spiro atoms. The van der Waals surface area contributed by atoms with Crippen molar-refractivity contribution in [1.82, 2.24) is 5.32 Å². The third-order valence-electron chi connectivity index (χ3n) is 2.23. The largest absolute Gasteiger partial charge is 0.430 e. The van der Waals surface area contributed by atoms with Crippen LogP contribution in [0.2, 0.25) is 0 Å². The average molecular weight is 351 g/mol. The minimum atomic E-state index is -6.55. The molecule has 2 N–H and O–H groups in total. The molecule has 0 aromatic carbocycles. The molecular weight excluding hydrogens is 341 g/mol. The maximum Gasteiger partial charge on any atom is 0.430 e. The number of nitrogens with one attached hydrogen (secondary N) is 1. The van der Waals surface area contributed by atoms with Crippen LogP contribution in [0, 0.1) is 0 Å². The highest BCUT2D eigenvalue weighted by molar-refractivity contribution is 5.02. The zero-order valence-electron chi connectivity index (χ0n) is 10.4. The number of hydrogen-bond acceptors (Lipinski definition) is 4. The Morgan fingerprint density at radius 3 is 1.77 bits per heavy atom. The summed E-state index contributed by atoms with van der Waals surface area (Å²) in [5.74, 6) is 0. The molecule has 13 heteroatoms. The van der Waals surface area contributed by atoms with Crippen LogP contribution in [-0.4, -0.2) is 48.8 Å². The van der Waals surface area contributed by atoms with Gasteiger partial charge in [0.2, 0.25) is 0 Å². The number of rotatable bonds is 8. The standard InChI is InChI=1S/C9H10F9NO3/c1-2-3-19-5(21-20)7(8(13,14)15,9(16,17)18)22-6(11,12)4-10/h2,5,19-20H,1,3-4H2. The Kier molecular flexibility index (Phi) is 6.68. The maximum atomic E-state index is 12.8. The van der Waals surface area contributed by atoms with Crippen molar-refractivity contribution in [3.8, 4) is 0 Å². The minimum absolute atomic E-state index is 0.747. The molecule has 1 atom stereocenters. The smallest absolute Gasteiger partial charge is 0.289 e. The van der Waals surface area contributed by atoms with Crippen molar-refractivity contribution < 1.29 is 54.4 Å². The summed E-state index contributed by atoms with van der Waals surface area (Å²) < 4.78 is 117. The molecule has 0 radical (unpaired) electrons. The molecule has 0 rings (SSSR count). The lowest BCUT2D eigenvalue weighted by atomic mass is 9.99. The van der Waals surface area contributed by atoms with Gasteiger partial charge in [-0.15, -0.1) is 6.58 Å². The van der Waals surface area contributed by atoms with Crippen molar-refractivity contribution in [1.29, 1.82) is 0 Å². The van der Waals surface area contributed by atoms with E-state index in [1.807, 2.05) is 0 Å². The molecule has 4 nitrogen and oxygen atoms in total. The van der Waals surface area contributed by atoms with E-state index in [4.69, 9.17) is 5.26 Å². The molecule has 0 amide bonds. The van der Waals surface area contributed by atoms with E-state index < -0.39 is 43.5 Å². The molecule has 22 heavy (non-hydrogen) atoms. The van der Waals surface area contributed by atoms with E-state index in [2.05, 4.69) is 16.2 Å². The van der Waals surface area contributed by atoms with Gasteiger partial charge in [0.05, 0.1) is 0 Å². The van der Waals surface area contributed by atoms with E-state index in [-0.39, 0.29) is 0 Å². The Balaban J connectivity index is 6.14. The van der Waals surface area contributed by atoms with Crippen molar-refractivity contribution in [2.75, 3.05) is 13.2 Å². The lowest BCUT2D eigenvalue weighted by Crippen LogP contribution is -2.71. The highest BCUT2D eigenvalue weighted by Gasteiger charge is 2.79. The summed E-state index contributed by atoms with van der Waals surface area (Å²) >= 11 is 0. The summed E-state index contributed by atoms with van der Waals surface area (Å²) in [4.78, 5) is 2.98. The van der Waals surface area contributed by atoms with Crippen LogP contribution in [-0.2, 0) is 9.62 Å². The third kappa shape index (κ3) is 4.24. The van der Waals surface area contributed by atoms with Gasteiger partial charge in [-0.25, -0.2) is 9.28 Å². The molecule has 0 aromatic rings. The predicted octanol–water partition coefficient (Wildman–Crippen LogP) is 3.02. The van der Waals surface area contributed by atoms with Crippen molar-refractivity contribution in [3.05, 3.63) is 12.7 Å². The molecule has 0 bridgehead atoms. The van der Waals surface area contributed by atoms with Gasteiger partial charge >= 0.3 is 24.1 Å². The van der Waals surface area contributed by atoms with Crippen molar-refractivity contribution in [2.45, 2.75) is 30.3 Å². The van der Waals surface area contributed by atoms with E-state index in [1.165, 1.54) is 5.32 Å². The van der Waals surface area contributed by atoms with Gasteiger partial charge < -0.3 is 0 Å². The second-order valence-electron chi connectivity index (χ2n) is 3.79. The lowest BCUT2D eigenvalue weighted by Gasteiger charge is -2.42. The monoisotopic (exact) mass is 351 g/mol. The first-order chi connectivity index (χ1) is 9.79. The third-order valence-corrected chi connectivity index (χ3v) is 2.23. The summed E-state index contributed by atoms with van der Waals surface area (Å²) in [5.41, 5.74) is -5.74. The fourth-order valence-electron chi connectivity index (χ4n) is 1.34. The fraction of sp³-hybridized carbons (Fsp3) is 0.778. The Bertz CT molecular complexity index is 354. The van der Waals surface area contributed by atoms with Crippen LogP contribution in [0.4, 0.5) is 39.5 Å². The van der Waals surface area contributed by atoms with Crippen molar-refractivity contribution in [3.63, 3.8) is 0 Å². The van der Waals surface area contributed by atoms with Gasteiger partial charge in [0.25, 0.3) is 0 Å². The molecule has 0 aliphatic heterocycles. The average Bonchev–Trinajstić information content (AvgIpc) is 2.35. The highest BCUT2D eigenvalue weighted by atomic mass is 19.4. The van der Waals surface area contributed by atoms with Crippen LogP contribution in [0.3, 0.4) is 0 Å². The molecule has 0 fully saturated rings.